The van der Waals surface area contributed by atoms with Gasteiger partial charge in [-0.15, -0.1) is 0 Å². The van der Waals surface area contributed by atoms with Crippen LogP contribution < -0.4 is 0 Å². The van der Waals surface area contributed by atoms with Crippen molar-refractivity contribution < 1.29 is 40.7 Å². The van der Waals surface area contributed by atoms with Crippen LogP contribution in [0.2, 0.25) is 0 Å². The Hall–Kier alpha value is -3.19. The van der Waals surface area contributed by atoms with Gasteiger partial charge in [0.25, 0.3) is 0 Å². The summed E-state index contributed by atoms with van der Waals surface area (Å²) >= 11 is 0. The largest absolute Gasteiger partial charge is 0.421 e. The lowest BCUT2D eigenvalue weighted by atomic mass is 9.90. The van der Waals surface area contributed by atoms with E-state index in [0.29, 0.717) is 20.0 Å². The van der Waals surface area contributed by atoms with Gasteiger partial charge in [0.1, 0.15) is 10.6 Å². The van der Waals surface area contributed by atoms with E-state index in [-0.39, 0.29) is 49.0 Å². The van der Waals surface area contributed by atoms with E-state index in [1.807, 2.05) is 0 Å². The molecule has 2 aromatic carbocycles. The number of hydrogen-bond donors (Lipinski definition) is 1. The maximum absolute atomic E-state index is 14.0. The maximum atomic E-state index is 14.0. The second-order valence-corrected chi connectivity index (χ2v) is 12.3. The highest BCUT2D eigenvalue weighted by Gasteiger charge is 2.54. The molecule has 2 atom stereocenters. The summed E-state index contributed by atoms with van der Waals surface area (Å²) in [4.78, 5) is 29.3. The lowest BCUT2D eigenvalue weighted by molar-refractivity contribution is -0.258. The fraction of sp³-hybridized carbons (Fsp3) is 0.462. The van der Waals surface area contributed by atoms with Crippen molar-refractivity contribution in [2.45, 2.75) is 41.7 Å². The van der Waals surface area contributed by atoms with Gasteiger partial charge in [0.05, 0.1) is 4.90 Å². The molecule has 2 fully saturated rings. The summed E-state index contributed by atoms with van der Waals surface area (Å²) in [5.41, 5.74) is -3.48. The van der Waals surface area contributed by atoms with Crippen molar-refractivity contribution in [2.75, 3.05) is 39.3 Å². The normalized spacial score (nSPS) is 22.1. The molecule has 0 spiro atoms. The predicted molar refractivity (Wildman–Crippen MR) is 133 cm³/mol. The van der Waals surface area contributed by atoms with Crippen LogP contribution in [0.1, 0.15) is 31.4 Å². The van der Waals surface area contributed by atoms with E-state index in [1.54, 1.807) is 4.90 Å². The van der Waals surface area contributed by atoms with E-state index in [4.69, 9.17) is 0 Å². The molecule has 2 saturated heterocycles. The van der Waals surface area contributed by atoms with Crippen molar-refractivity contribution in [3.8, 4) is 0 Å². The minimum absolute atomic E-state index is 0.0498. The lowest BCUT2D eigenvalue weighted by Crippen LogP contribution is -2.54. The molecule has 1 unspecified atom stereocenters. The number of piperazine rings is 1. The van der Waals surface area contributed by atoms with E-state index in [0.717, 1.165) is 36.4 Å². The van der Waals surface area contributed by atoms with Crippen LogP contribution in [-0.4, -0.2) is 85.6 Å². The lowest BCUT2D eigenvalue weighted by Gasteiger charge is -2.37. The van der Waals surface area contributed by atoms with E-state index in [1.165, 1.54) is 28.9 Å². The monoisotopic (exact) mass is 571 g/mol. The summed E-state index contributed by atoms with van der Waals surface area (Å²) in [5, 5.41) is 10.1. The van der Waals surface area contributed by atoms with E-state index < -0.39 is 43.8 Å². The van der Waals surface area contributed by atoms with Crippen molar-refractivity contribution in [3.05, 3.63) is 65.5 Å². The topological polar surface area (TPSA) is 98.2 Å². The molecule has 4 rings (SSSR count). The Labute approximate surface area is 223 Å². The third-order valence-electron chi connectivity index (χ3n) is 7.66. The molecule has 0 radical (unpaired) electrons. The predicted octanol–water partition coefficient (Wildman–Crippen LogP) is 3.25. The van der Waals surface area contributed by atoms with Gasteiger partial charge < -0.3 is 19.8 Å². The second kappa shape index (κ2) is 10.1. The smallest absolute Gasteiger partial charge is 0.376 e. The first-order valence-electron chi connectivity index (χ1n) is 12.3. The third-order valence-corrected chi connectivity index (χ3v) is 10.2. The number of likely N-dealkylation sites (tertiary alicyclic amines) is 1. The first-order valence-corrected chi connectivity index (χ1v) is 13.8. The number of benzene rings is 2. The zero-order valence-corrected chi connectivity index (χ0v) is 22.2. The highest BCUT2D eigenvalue weighted by Crippen LogP contribution is 2.45. The molecule has 2 heterocycles. The second-order valence-electron chi connectivity index (χ2n) is 10.0. The van der Waals surface area contributed by atoms with Gasteiger partial charge in [-0.25, -0.2) is 17.6 Å². The van der Waals surface area contributed by atoms with Gasteiger partial charge in [-0.2, -0.15) is 13.2 Å². The number of halogens is 4. The molecule has 2 aromatic rings. The van der Waals surface area contributed by atoms with Crippen LogP contribution in [0, 0.1) is 5.82 Å². The summed E-state index contributed by atoms with van der Waals surface area (Å²) in [7, 11) is -4.28. The molecular formula is C26H29F4N3O5S. The average molecular weight is 572 g/mol. The van der Waals surface area contributed by atoms with Crippen LogP contribution >= 0.6 is 0 Å². The minimum Gasteiger partial charge on any atom is -0.376 e. The number of hydrogen-bond acceptors (Lipinski definition) is 5. The van der Waals surface area contributed by atoms with E-state index in [2.05, 4.69) is 0 Å². The van der Waals surface area contributed by atoms with Crippen LogP contribution in [0.5, 0.6) is 0 Å². The molecule has 0 bridgehead atoms. The highest BCUT2D eigenvalue weighted by atomic mass is 32.2. The van der Waals surface area contributed by atoms with Crippen LogP contribution in [-0.2, 0) is 25.0 Å². The number of urea groups is 1. The van der Waals surface area contributed by atoms with E-state index in [9.17, 15) is 40.7 Å². The SMILES string of the molecule is CC(=O)N1CCN(C(=O)N2CC[C@](c3ccc(C(C)(O)C(F)(F)F)cc3)(S(=O)(=O)c3ccc(F)cc3)C2)CC1. The summed E-state index contributed by atoms with van der Waals surface area (Å²) in [6.07, 6.45) is -5.02. The van der Waals surface area contributed by atoms with Crippen molar-refractivity contribution in [1.29, 1.82) is 0 Å². The molecule has 0 aliphatic carbocycles. The summed E-state index contributed by atoms with van der Waals surface area (Å²) in [6.45, 7) is 3.03. The Balaban J connectivity index is 1.70. The molecule has 39 heavy (non-hydrogen) atoms. The fourth-order valence-electron chi connectivity index (χ4n) is 5.07. The van der Waals surface area contributed by atoms with Gasteiger partial charge in [-0.3, -0.25) is 4.79 Å². The van der Waals surface area contributed by atoms with Crippen molar-refractivity contribution in [3.63, 3.8) is 0 Å². The van der Waals surface area contributed by atoms with Gasteiger partial charge >= 0.3 is 12.2 Å². The number of carbonyl (C=O) groups excluding carboxylic acids is 2. The van der Waals surface area contributed by atoms with Gasteiger partial charge in [0.2, 0.25) is 5.91 Å². The van der Waals surface area contributed by atoms with Crippen molar-refractivity contribution in [1.82, 2.24) is 14.7 Å². The quantitative estimate of drug-likeness (QED) is 0.449. The van der Waals surface area contributed by atoms with Gasteiger partial charge in [-0.1, -0.05) is 24.3 Å². The summed E-state index contributed by atoms with van der Waals surface area (Å²) in [5.74, 6) is -0.754. The van der Waals surface area contributed by atoms with Gasteiger partial charge in [0, 0.05) is 46.2 Å². The summed E-state index contributed by atoms with van der Waals surface area (Å²) < 4.78 is 80.0. The molecule has 13 heteroatoms. The zero-order valence-electron chi connectivity index (χ0n) is 21.4. The molecule has 2 aliphatic heterocycles. The molecule has 212 valence electrons. The highest BCUT2D eigenvalue weighted by molar-refractivity contribution is 7.92. The van der Waals surface area contributed by atoms with Crippen LogP contribution in [0.25, 0.3) is 0 Å². The Morgan fingerprint density at radius 1 is 0.872 bits per heavy atom. The number of nitrogens with zero attached hydrogens (tertiary/aromatic N) is 3. The van der Waals surface area contributed by atoms with Crippen LogP contribution in [0.3, 0.4) is 0 Å². The Bertz CT molecular complexity index is 1340. The molecule has 2 aliphatic rings. The average Bonchev–Trinajstić information content (AvgIpc) is 3.35. The number of alkyl halides is 3. The zero-order chi connectivity index (χ0) is 28.8. The fourth-order valence-corrected chi connectivity index (χ4v) is 7.15. The number of sulfone groups is 1. The van der Waals surface area contributed by atoms with Crippen molar-refractivity contribution >= 4 is 21.8 Å². The molecule has 0 aromatic heterocycles. The Morgan fingerprint density at radius 2 is 1.41 bits per heavy atom. The first-order chi connectivity index (χ1) is 18.1. The Morgan fingerprint density at radius 3 is 1.92 bits per heavy atom. The number of amides is 3. The maximum Gasteiger partial charge on any atom is 0.421 e. The van der Waals surface area contributed by atoms with Crippen LogP contribution in [0.4, 0.5) is 22.4 Å². The third kappa shape index (κ3) is 5.09. The first kappa shape index (κ1) is 28.8. The molecule has 8 nitrogen and oxygen atoms in total. The van der Waals surface area contributed by atoms with Crippen LogP contribution in [0.15, 0.2) is 53.4 Å². The van der Waals surface area contributed by atoms with Gasteiger partial charge in [-0.05, 0) is 48.7 Å². The summed E-state index contributed by atoms with van der Waals surface area (Å²) in [6, 6.07) is 8.29. The minimum atomic E-state index is -4.96. The van der Waals surface area contributed by atoms with Crippen molar-refractivity contribution in [2.24, 2.45) is 0 Å². The number of rotatable bonds is 4. The Kier molecular flexibility index (Phi) is 7.45. The molecule has 3 amide bonds. The molecule has 0 saturated carbocycles. The molecule has 1 N–H and O–H groups in total. The number of carbonyl (C=O) groups is 2. The number of aliphatic hydroxyl groups is 1. The standard InChI is InChI=1S/C26H29F4N3O5S/c1-18(34)31-13-15-32(16-14-31)23(35)33-12-11-25(17-33,39(37,38)22-9-7-21(27)8-10-22)20-5-3-19(4-6-20)24(2,36)26(28,29)30/h3-10,36H,11-17H2,1-2H3/t24?,25-/m0/s1. The van der Waals surface area contributed by atoms with E-state index >= 15 is 0 Å². The van der Waals surface area contributed by atoms with Gasteiger partial charge in [0.15, 0.2) is 15.4 Å². The molecular weight excluding hydrogens is 542 g/mol.